The van der Waals surface area contributed by atoms with Crippen LogP contribution in [0.25, 0.3) is 11.0 Å². The van der Waals surface area contributed by atoms with E-state index in [0.29, 0.717) is 6.04 Å². The van der Waals surface area contributed by atoms with Crippen LogP contribution in [-0.2, 0) is 6.42 Å². The molecule has 0 radical (unpaired) electrons. The number of benzene rings is 1. The molecule has 1 atom stereocenters. The third-order valence-corrected chi connectivity index (χ3v) is 3.80. The minimum atomic E-state index is 0.171. The molecule has 3 rings (SSSR count). The summed E-state index contributed by atoms with van der Waals surface area (Å²) in [7, 11) is 1.67. The number of hydrogen-bond acceptors (Lipinski definition) is 3. The van der Waals surface area contributed by atoms with Gasteiger partial charge in [0.05, 0.1) is 19.4 Å². The minimum absolute atomic E-state index is 0.171. The van der Waals surface area contributed by atoms with E-state index in [4.69, 9.17) is 9.15 Å². The van der Waals surface area contributed by atoms with Crippen molar-refractivity contribution in [1.82, 2.24) is 0 Å². The number of hydrogen-bond donors (Lipinski definition) is 0. The van der Waals surface area contributed by atoms with Crippen molar-refractivity contribution in [3.8, 4) is 5.75 Å². The molecule has 0 unspecified atom stereocenters. The third kappa shape index (κ3) is 2.03. The summed E-state index contributed by atoms with van der Waals surface area (Å²) in [6, 6.07) is 6.31. The molecule has 100 valence electrons. The Hall–Kier alpha value is -1.77. The van der Waals surface area contributed by atoms with Crippen LogP contribution in [0, 0.1) is 5.41 Å². The summed E-state index contributed by atoms with van der Waals surface area (Å²) in [5.41, 5.74) is 2.32. The first-order valence-corrected chi connectivity index (χ1v) is 6.61. The van der Waals surface area contributed by atoms with Gasteiger partial charge >= 0.3 is 0 Å². The van der Waals surface area contributed by atoms with E-state index in [0.717, 1.165) is 23.5 Å². The predicted molar refractivity (Wildman–Crippen MR) is 77.3 cm³/mol. The zero-order valence-corrected chi connectivity index (χ0v) is 11.9. The van der Waals surface area contributed by atoms with Crippen LogP contribution in [0.3, 0.4) is 0 Å². The highest BCUT2D eigenvalue weighted by atomic mass is 16.5. The Morgan fingerprint density at radius 1 is 1.32 bits per heavy atom. The van der Waals surface area contributed by atoms with Crippen LogP contribution in [0.15, 0.2) is 27.6 Å². The van der Waals surface area contributed by atoms with E-state index < -0.39 is 0 Å². The highest BCUT2D eigenvalue weighted by Gasteiger charge is 2.29. The van der Waals surface area contributed by atoms with Crippen LogP contribution in [0.1, 0.15) is 32.1 Å². The number of ether oxygens (including phenoxy) is 1. The van der Waals surface area contributed by atoms with Gasteiger partial charge < -0.3 is 9.15 Å². The van der Waals surface area contributed by atoms with Gasteiger partial charge in [-0.2, -0.15) is 0 Å². The lowest BCUT2D eigenvalue weighted by atomic mass is 9.82. The van der Waals surface area contributed by atoms with Gasteiger partial charge in [0.2, 0.25) is 0 Å². The molecule has 1 aromatic carbocycles. The molecule has 0 saturated heterocycles. The summed E-state index contributed by atoms with van der Waals surface area (Å²) in [6.07, 6.45) is 2.82. The average molecular weight is 257 g/mol. The Morgan fingerprint density at radius 2 is 2.11 bits per heavy atom. The number of nitrogens with zero attached hydrogens (tertiary/aromatic N) is 1. The first-order chi connectivity index (χ1) is 8.99. The molecule has 2 heterocycles. The van der Waals surface area contributed by atoms with Crippen molar-refractivity contribution in [2.24, 2.45) is 10.4 Å². The van der Waals surface area contributed by atoms with Gasteiger partial charge in [-0.25, -0.2) is 0 Å². The number of methoxy groups -OCH3 is 1. The maximum absolute atomic E-state index is 5.86. The van der Waals surface area contributed by atoms with Gasteiger partial charge in [-0.05, 0) is 24.0 Å². The van der Waals surface area contributed by atoms with Gasteiger partial charge in [0.15, 0.2) is 0 Å². The van der Waals surface area contributed by atoms with Crippen molar-refractivity contribution < 1.29 is 9.15 Å². The Bertz CT molecular complexity index is 647. The molecule has 3 nitrogen and oxygen atoms in total. The van der Waals surface area contributed by atoms with Gasteiger partial charge in [-0.15, -0.1) is 0 Å². The molecule has 3 heteroatoms. The van der Waals surface area contributed by atoms with E-state index in [-0.39, 0.29) is 5.41 Å². The molecule has 0 aliphatic carbocycles. The summed E-state index contributed by atoms with van der Waals surface area (Å²) in [4.78, 5) is 4.63. The highest BCUT2D eigenvalue weighted by molar-refractivity contribution is 5.93. The van der Waals surface area contributed by atoms with Crippen LogP contribution in [-0.4, -0.2) is 19.4 Å². The zero-order valence-electron chi connectivity index (χ0n) is 11.9. The van der Waals surface area contributed by atoms with Crippen molar-refractivity contribution in [2.75, 3.05) is 7.11 Å². The van der Waals surface area contributed by atoms with Crippen LogP contribution < -0.4 is 4.74 Å². The maximum Gasteiger partial charge on any atom is 0.149 e. The van der Waals surface area contributed by atoms with Crippen molar-refractivity contribution >= 4 is 17.2 Å². The second-order valence-electron chi connectivity index (χ2n) is 6.17. The molecular weight excluding hydrogens is 238 g/mol. The number of rotatable bonds is 1. The van der Waals surface area contributed by atoms with Crippen LogP contribution in [0.4, 0.5) is 0 Å². The molecule has 0 fully saturated rings. The van der Waals surface area contributed by atoms with E-state index in [2.05, 4.69) is 31.8 Å². The topological polar surface area (TPSA) is 34.7 Å². The molecule has 0 N–H and O–H groups in total. The molecule has 0 bridgehead atoms. The maximum atomic E-state index is 5.86. The quantitative estimate of drug-likeness (QED) is 0.778. The first-order valence-electron chi connectivity index (χ1n) is 6.61. The third-order valence-electron chi connectivity index (χ3n) is 3.80. The molecule has 1 aromatic heterocycles. The highest BCUT2D eigenvalue weighted by Crippen LogP contribution is 2.35. The van der Waals surface area contributed by atoms with E-state index in [1.54, 1.807) is 7.11 Å². The SMILES string of the molecule is COc1ccc2c3c(oc2c1)C=N[C@H](C(C)(C)C)C3. The van der Waals surface area contributed by atoms with Crippen LogP contribution in [0.2, 0.25) is 0 Å². The normalized spacial score (nSPS) is 18.6. The van der Waals surface area contributed by atoms with Crippen molar-refractivity contribution in [2.45, 2.75) is 33.2 Å². The molecule has 19 heavy (non-hydrogen) atoms. The fraction of sp³-hybridized carbons (Fsp3) is 0.438. The lowest BCUT2D eigenvalue weighted by molar-refractivity contribution is 0.318. The fourth-order valence-electron chi connectivity index (χ4n) is 2.52. The lowest BCUT2D eigenvalue weighted by Crippen LogP contribution is -2.29. The predicted octanol–water partition coefficient (Wildman–Crippen LogP) is 3.83. The smallest absolute Gasteiger partial charge is 0.149 e. The Balaban J connectivity index is 2.08. The fourth-order valence-corrected chi connectivity index (χ4v) is 2.52. The van der Waals surface area contributed by atoms with Gasteiger partial charge in [0.25, 0.3) is 0 Å². The lowest BCUT2D eigenvalue weighted by Gasteiger charge is -2.29. The van der Waals surface area contributed by atoms with Gasteiger partial charge in [-0.1, -0.05) is 20.8 Å². The summed E-state index contributed by atoms with van der Waals surface area (Å²) in [6.45, 7) is 6.68. The monoisotopic (exact) mass is 257 g/mol. The molecule has 0 saturated carbocycles. The Labute approximate surface area is 113 Å². The summed E-state index contributed by atoms with van der Waals surface area (Å²) < 4.78 is 11.1. The van der Waals surface area contributed by atoms with Crippen molar-refractivity contribution in [3.63, 3.8) is 0 Å². The van der Waals surface area contributed by atoms with E-state index in [9.17, 15) is 0 Å². The number of furan rings is 1. The molecule has 1 aliphatic rings. The van der Waals surface area contributed by atoms with E-state index in [1.165, 1.54) is 10.9 Å². The number of aliphatic imine (C=N–C) groups is 1. The molecule has 2 aromatic rings. The average Bonchev–Trinajstić information content (AvgIpc) is 2.73. The summed E-state index contributed by atoms with van der Waals surface area (Å²) in [5, 5.41) is 1.18. The van der Waals surface area contributed by atoms with Crippen LogP contribution in [0.5, 0.6) is 5.75 Å². The second kappa shape index (κ2) is 4.12. The molecular formula is C16H19NO2. The van der Waals surface area contributed by atoms with Crippen molar-refractivity contribution in [1.29, 1.82) is 0 Å². The van der Waals surface area contributed by atoms with Crippen molar-refractivity contribution in [3.05, 3.63) is 29.5 Å². The summed E-state index contributed by atoms with van der Waals surface area (Å²) >= 11 is 0. The summed E-state index contributed by atoms with van der Waals surface area (Å²) in [5.74, 6) is 1.71. The largest absolute Gasteiger partial charge is 0.497 e. The van der Waals surface area contributed by atoms with Crippen LogP contribution >= 0.6 is 0 Å². The molecule has 0 spiro atoms. The Morgan fingerprint density at radius 3 is 2.79 bits per heavy atom. The molecule has 1 aliphatic heterocycles. The zero-order chi connectivity index (χ0) is 13.6. The standard InChI is InChI=1S/C16H19NO2/c1-16(2,3)15-8-12-11-6-5-10(18-4)7-13(11)19-14(12)9-17-15/h5-7,9,15H,8H2,1-4H3/t15-/m0/s1. The van der Waals surface area contributed by atoms with E-state index in [1.807, 2.05) is 18.3 Å². The second-order valence-corrected chi connectivity index (χ2v) is 6.17. The van der Waals surface area contributed by atoms with Gasteiger partial charge in [0, 0.05) is 17.0 Å². The van der Waals surface area contributed by atoms with E-state index >= 15 is 0 Å². The number of fused-ring (bicyclic) bond motifs is 3. The Kier molecular flexibility index (Phi) is 2.66. The molecule has 0 amide bonds. The minimum Gasteiger partial charge on any atom is -0.497 e. The first kappa shape index (κ1) is 12.3. The van der Waals surface area contributed by atoms with Gasteiger partial charge in [-0.3, -0.25) is 4.99 Å². The van der Waals surface area contributed by atoms with Gasteiger partial charge in [0.1, 0.15) is 17.1 Å².